The number of hydrogen-bond acceptors (Lipinski definition) is 5. The van der Waals surface area contributed by atoms with E-state index in [2.05, 4.69) is 20.4 Å². The molecule has 7 nitrogen and oxygen atoms in total. The molecule has 2 aromatic carbocycles. The molecule has 0 radical (unpaired) electrons. The number of hydrogen-bond donors (Lipinski definition) is 1. The highest BCUT2D eigenvalue weighted by Crippen LogP contribution is 2.35. The number of methoxy groups -OCH3 is 1. The molecule has 5 aromatic rings. The minimum absolute atomic E-state index is 0.00793. The summed E-state index contributed by atoms with van der Waals surface area (Å²) < 4.78 is 76.1. The predicted octanol–water partition coefficient (Wildman–Crippen LogP) is 5.94. The molecule has 1 N–H and O–H groups in total. The summed E-state index contributed by atoms with van der Waals surface area (Å²) in [5.41, 5.74) is 1.01. The van der Waals surface area contributed by atoms with E-state index in [9.17, 15) is 22.0 Å². The number of imidazole rings is 1. The molecular weight excluding hydrogens is 483 g/mol. The van der Waals surface area contributed by atoms with Crippen molar-refractivity contribution in [2.75, 3.05) is 12.4 Å². The van der Waals surface area contributed by atoms with Crippen molar-refractivity contribution in [3.8, 4) is 22.6 Å². The average Bonchev–Trinajstić information content (AvgIpc) is 3.45. The van der Waals surface area contributed by atoms with Crippen molar-refractivity contribution in [3.63, 3.8) is 0 Å². The molecule has 3 heterocycles. The normalized spacial score (nSPS) is 11.8. The summed E-state index contributed by atoms with van der Waals surface area (Å²) in [4.78, 5) is 8.50. The Labute approximate surface area is 200 Å². The summed E-state index contributed by atoms with van der Waals surface area (Å²) in [7, 11) is 1.50. The minimum Gasteiger partial charge on any atom is -0.494 e. The van der Waals surface area contributed by atoms with Crippen LogP contribution in [0.1, 0.15) is 11.3 Å². The van der Waals surface area contributed by atoms with E-state index in [-0.39, 0.29) is 22.7 Å². The number of ether oxygens (including phenoxy) is 1. The molecule has 0 saturated heterocycles. The van der Waals surface area contributed by atoms with Crippen LogP contribution in [-0.4, -0.2) is 31.3 Å². The molecule has 0 saturated carbocycles. The van der Waals surface area contributed by atoms with Gasteiger partial charge in [0.2, 0.25) is 5.95 Å². The second kappa shape index (κ2) is 8.63. The topological polar surface area (TPSA) is 69.3 Å². The molecule has 0 atom stereocenters. The third-order valence-electron chi connectivity index (χ3n) is 5.42. The number of anilines is 2. The Morgan fingerprint density at radius 1 is 0.972 bits per heavy atom. The van der Waals surface area contributed by atoms with E-state index in [4.69, 9.17) is 4.74 Å². The van der Waals surface area contributed by atoms with E-state index < -0.39 is 23.4 Å². The standard InChI is InChI=1S/C24H17F5N6O/c1-13-10-34(12-30-13)20-6-4-16(9-21(20)36-2)31-23-32-22-17(14-3-5-18(25)19(26)7-14)8-15(24(27,28)29)11-35(22)33-23/h3-12H,1-2H3,(H,31,33). The Morgan fingerprint density at radius 3 is 2.44 bits per heavy atom. The number of nitrogens with zero attached hydrogens (tertiary/aromatic N) is 5. The van der Waals surface area contributed by atoms with Crippen molar-refractivity contribution in [2.45, 2.75) is 13.1 Å². The van der Waals surface area contributed by atoms with Crippen molar-refractivity contribution < 1.29 is 26.7 Å². The molecule has 0 aliphatic carbocycles. The quantitative estimate of drug-likeness (QED) is 0.303. The maximum Gasteiger partial charge on any atom is 0.417 e. The molecule has 0 aliphatic rings. The van der Waals surface area contributed by atoms with Crippen molar-refractivity contribution in [1.29, 1.82) is 0 Å². The van der Waals surface area contributed by atoms with Gasteiger partial charge < -0.3 is 14.6 Å². The third kappa shape index (κ3) is 4.32. The second-order valence-corrected chi connectivity index (χ2v) is 7.91. The zero-order valence-corrected chi connectivity index (χ0v) is 18.8. The SMILES string of the molecule is COc1cc(Nc2nc3c(-c4ccc(F)c(F)c4)cc(C(F)(F)F)cn3n2)ccc1-n1cnc(C)c1. The van der Waals surface area contributed by atoms with Gasteiger partial charge in [0.1, 0.15) is 5.75 Å². The van der Waals surface area contributed by atoms with Gasteiger partial charge in [0, 0.05) is 29.7 Å². The van der Waals surface area contributed by atoms with Gasteiger partial charge >= 0.3 is 6.18 Å². The van der Waals surface area contributed by atoms with E-state index in [0.717, 1.165) is 40.3 Å². The molecule has 36 heavy (non-hydrogen) atoms. The fourth-order valence-corrected chi connectivity index (χ4v) is 3.72. The number of rotatable bonds is 5. The van der Waals surface area contributed by atoms with Crippen LogP contribution < -0.4 is 10.1 Å². The van der Waals surface area contributed by atoms with Crippen LogP contribution in [0.15, 0.2) is 61.2 Å². The number of halogens is 5. The zero-order chi connectivity index (χ0) is 25.6. The largest absolute Gasteiger partial charge is 0.494 e. The highest BCUT2D eigenvalue weighted by molar-refractivity contribution is 5.79. The van der Waals surface area contributed by atoms with Crippen molar-refractivity contribution in [3.05, 3.63) is 84.1 Å². The Morgan fingerprint density at radius 2 is 1.78 bits per heavy atom. The van der Waals surface area contributed by atoms with Crippen LogP contribution in [0.3, 0.4) is 0 Å². The molecule has 0 spiro atoms. The van der Waals surface area contributed by atoms with Gasteiger partial charge in [-0.15, -0.1) is 5.10 Å². The number of aromatic nitrogens is 5. The monoisotopic (exact) mass is 500 g/mol. The first kappa shape index (κ1) is 23.3. The average molecular weight is 500 g/mol. The first-order valence-electron chi connectivity index (χ1n) is 10.5. The van der Waals surface area contributed by atoms with Gasteiger partial charge in [0.15, 0.2) is 17.3 Å². The van der Waals surface area contributed by atoms with E-state index in [1.165, 1.54) is 13.2 Å². The second-order valence-electron chi connectivity index (χ2n) is 7.91. The van der Waals surface area contributed by atoms with Gasteiger partial charge in [-0.1, -0.05) is 6.07 Å². The molecule has 0 fully saturated rings. The van der Waals surface area contributed by atoms with Crippen LogP contribution >= 0.6 is 0 Å². The summed E-state index contributed by atoms with van der Waals surface area (Å²) in [6.45, 7) is 1.85. The Balaban J connectivity index is 1.57. The summed E-state index contributed by atoms with van der Waals surface area (Å²) in [6.07, 6.45) is -0.452. The number of benzene rings is 2. The van der Waals surface area contributed by atoms with Crippen molar-refractivity contribution in [1.82, 2.24) is 24.1 Å². The van der Waals surface area contributed by atoms with Crippen LogP contribution in [0, 0.1) is 18.6 Å². The Hall–Kier alpha value is -4.48. The number of alkyl halides is 3. The molecular formula is C24H17F5N6O. The number of fused-ring (bicyclic) bond motifs is 1. The van der Waals surface area contributed by atoms with Gasteiger partial charge in [-0.05, 0) is 42.8 Å². The van der Waals surface area contributed by atoms with Crippen molar-refractivity contribution >= 4 is 17.3 Å². The van der Waals surface area contributed by atoms with Crippen LogP contribution in [0.25, 0.3) is 22.5 Å². The first-order chi connectivity index (χ1) is 17.1. The lowest BCUT2D eigenvalue weighted by Crippen LogP contribution is -2.08. The fourth-order valence-electron chi connectivity index (χ4n) is 3.72. The number of nitrogens with one attached hydrogen (secondary N) is 1. The van der Waals surface area contributed by atoms with E-state index in [1.54, 1.807) is 29.1 Å². The Bertz CT molecular complexity index is 1590. The summed E-state index contributed by atoms with van der Waals surface area (Å²) >= 11 is 0. The van der Waals surface area contributed by atoms with Gasteiger partial charge in [-0.3, -0.25) is 0 Å². The molecule has 0 bridgehead atoms. The smallest absolute Gasteiger partial charge is 0.417 e. The van der Waals surface area contributed by atoms with Crippen LogP contribution in [0.2, 0.25) is 0 Å². The molecule has 0 aliphatic heterocycles. The predicted molar refractivity (Wildman–Crippen MR) is 121 cm³/mol. The molecule has 0 amide bonds. The minimum atomic E-state index is -4.70. The maximum atomic E-state index is 13.9. The zero-order valence-electron chi connectivity index (χ0n) is 18.8. The highest BCUT2D eigenvalue weighted by atomic mass is 19.4. The van der Waals surface area contributed by atoms with E-state index >= 15 is 0 Å². The van der Waals surface area contributed by atoms with Crippen LogP contribution in [0.5, 0.6) is 5.75 Å². The lowest BCUT2D eigenvalue weighted by molar-refractivity contribution is -0.137. The Kier molecular flexibility index (Phi) is 5.58. The molecule has 0 unspecified atom stereocenters. The van der Waals surface area contributed by atoms with E-state index in [0.29, 0.717) is 11.4 Å². The lowest BCUT2D eigenvalue weighted by atomic mass is 10.0. The third-order valence-corrected chi connectivity index (χ3v) is 5.42. The number of aryl methyl sites for hydroxylation is 1. The lowest BCUT2D eigenvalue weighted by Gasteiger charge is -2.11. The van der Waals surface area contributed by atoms with Gasteiger partial charge in [0.25, 0.3) is 0 Å². The summed E-state index contributed by atoms with van der Waals surface area (Å²) in [5.74, 6) is -1.82. The molecule has 3 aromatic heterocycles. The maximum absolute atomic E-state index is 13.9. The van der Waals surface area contributed by atoms with Crippen molar-refractivity contribution in [2.24, 2.45) is 0 Å². The summed E-state index contributed by atoms with van der Waals surface area (Å²) in [5, 5.41) is 7.06. The molecule has 184 valence electrons. The van der Waals surface area contributed by atoms with E-state index in [1.807, 2.05) is 13.1 Å². The van der Waals surface area contributed by atoms with Gasteiger partial charge in [0.05, 0.1) is 30.4 Å². The highest BCUT2D eigenvalue weighted by Gasteiger charge is 2.32. The molecule has 12 heteroatoms. The number of pyridine rings is 1. The summed E-state index contributed by atoms with van der Waals surface area (Å²) in [6, 6.07) is 8.82. The molecule has 5 rings (SSSR count). The first-order valence-corrected chi connectivity index (χ1v) is 10.5. The fraction of sp³-hybridized carbons (Fsp3) is 0.125. The van der Waals surface area contributed by atoms with Crippen LogP contribution in [0.4, 0.5) is 33.6 Å². The van der Waals surface area contributed by atoms with Gasteiger partial charge in [-0.25, -0.2) is 18.3 Å². The van der Waals surface area contributed by atoms with Gasteiger partial charge in [-0.2, -0.15) is 18.2 Å². The van der Waals surface area contributed by atoms with Crippen LogP contribution in [-0.2, 0) is 6.18 Å².